The maximum Gasteiger partial charge on any atom is 0.461 e. The van der Waals surface area contributed by atoms with Crippen LogP contribution in [0.25, 0.3) is 0 Å². The van der Waals surface area contributed by atoms with E-state index in [-0.39, 0.29) is 5.56 Å². The Morgan fingerprint density at radius 3 is 2.47 bits per heavy atom. The van der Waals surface area contributed by atoms with Crippen LogP contribution < -0.4 is 4.74 Å². The Bertz CT molecular complexity index is 530. The minimum absolute atomic E-state index is 0.188. The molecule has 0 amide bonds. The van der Waals surface area contributed by atoms with Gasteiger partial charge in [-0.3, -0.25) is 4.18 Å². The van der Waals surface area contributed by atoms with E-state index in [0.29, 0.717) is 0 Å². The number of ether oxygens (including phenoxy) is 1. The normalized spacial score (nSPS) is 12.7. The molecule has 0 saturated heterocycles. The standard InChI is InChI=1S/C10H10F4O4S/c1-19(15,16)17-6-7-3-2-4-8(5-7)18-10(13,14)9(11)12/h2-5,9H,6H2,1H3. The number of alkyl halides is 4. The Hall–Kier alpha value is -1.35. The first-order valence-corrected chi connectivity index (χ1v) is 6.70. The molecule has 0 radical (unpaired) electrons. The molecule has 0 fully saturated rings. The molecular weight excluding hydrogens is 292 g/mol. The summed E-state index contributed by atoms with van der Waals surface area (Å²) in [6, 6.07) is 4.65. The lowest BCUT2D eigenvalue weighted by atomic mass is 10.2. The number of rotatable bonds is 6. The van der Waals surface area contributed by atoms with Gasteiger partial charge < -0.3 is 4.74 Å². The molecule has 0 unspecified atom stereocenters. The summed E-state index contributed by atoms with van der Waals surface area (Å²) in [5.41, 5.74) is 0.188. The van der Waals surface area contributed by atoms with Gasteiger partial charge in [-0.25, -0.2) is 0 Å². The van der Waals surface area contributed by atoms with Crippen LogP contribution in [0.5, 0.6) is 5.75 Å². The van der Waals surface area contributed by atoms with Crippen LogP contribution in [0, 0.1) is 0 Å². The number of hydrogen-bond acceptors (Lipinski definition) is 4. The molecule has 0 aliphatic rings. The maximum atomic E-state index is 12.6. The third-order valence-corrected chi connectivity index (χ3v) is 2.39. The van der Waals surface area contributed by atoms with E-state index in [2.05, 4.69) is 8.92 Å². The molecule has 19 heavy (non-hydrogen) atoms. The second kappa shape index (κ2) is 5.74. The topological polar surface area (TPSA) is 52.6 Å². The van der Waals surface area contributed by atoms with Gasteiger partial charge in [-0.15, -0.1) is 0 Å². The fourth-order valence-corrected chi connectivity index (χ4v) is 1.43. The Kier molecular flexibility index (Phi) is 4.75. The fourth-order valence-electron chi connectivity index (χ4n) is 1.08. The summed E-state index contributed by atoms with van der Waals surface area (Å²) in [6.45, 7) is -0.406. The van der Waals surface area contributed by atoms with Gasteiger partial charge in [0.1, 0.15) is 5.75 Å². The number of benzene rings is 1. The van der Waals surface area contributed by atoms with E-state index in [9.17, 15) is 26.0 Å². The van der Waals surface area contributed by atoms with Gasteiger partial charge in [-0.1, -0.05) is 12.1 Å². The van der Waals surface area contributed by atoms with Crippen LogP contribution in [0.1, 0.15) is 5.56 Å². The molecule has 9 heteroatoms. The van der Waals surface area contributed by atoms with Crippen molar-refractivity contribution < 1.29 is 34.9 Å². The molecule has 0 aliphatic heterocycles. The van der Waals surface area contributed by atoms with Crippen molar-refractivity contribution >= 4 is 10.1 Å². The first-order valence-electron chi connectivity index (χ1n) is 4.88. The molecule has 0 N–H and O–H groups in total. The Balaban J connectivity index is 2.78. The smallest absolute Gasteiger partial charge is 0.428 e. The minimum atomic E-state index is -4.61. The van der Waals surface area contributed by atoms with Crippen molar-refractivity contribution in [3.05, 3.63) is 29.8 Å². The van der Waals surface area contributed by atoms with Gasteiger partial charge in [0, 0.05) is 0 Å². The molecule has 1 rings (SSSR count). The molecule has 0 heterocycles. The van der Waals surface area contributed by atoms with Crippen LogP contribution in [0.3, 0.4) is 0 Å². The molecule has 0 bridgehead atoms. The van der Waals surface area contributed by atoms with Crippen molar-refractivity contribution in [2.45, 2.75) is 19.1 Å². The third kappa shape index (κ3) is 5.43. The fraction of sp³-hybridized carbons (Fsp3) is 0.400. The van der Waals surface area contributed by atoms with Gasteiger partial charge in [0.15, 0.2) is 0 Å². The number of halogens is 4. The molecular formula is C10H10F4O4S. The summed E-state index contributed by atoms with van der Waals surface area (Å²) in [6.07, 6.45) is -7.77. The molecule has 0 atom stereocenters. The van der Waals surface area contributed by atoms with E-state index in [1.165, 1.54) is 12.1 Å². The highest BCUT2D eigenvalue weighted by Gasteiger charge is 2.43. The molecule has 108 valence electrons. The molecule has 1 aromatic carbocycles. The van der Waals surface area contributed by atoms with Gasteiger partial charge in [0.25, 0.3) is 10.1 Å². The Morgan fingerprint density at radius 1 is 1.32 bits per heavy atom. The van der Waals surface area contributed by atoms with E-state index in [1.807, 2.05) is 0 Å². The molecule has 0 saturated carbocycles. The van der Waals surface area contributed by atoms with Gasteiger partial charge in [-0.2, -0.15) is 26.0 Å². The lowest BCUT2D eigenvalue weighted by Crippen LogP contribution is -2.33. The zero-order valence-electron chi connectivity index (χ0n) is 9.65. The predicted octanol–water partition coefficient (Wildman–Crippen LogP) is 2.40. The van der Waals surface area contributed by atoms with Crippen LogP contribution in [-0.4, -0.2) is 27.2 Å². The summed E-state index contributed by atoms with van der Waals surface area (Å²) in [5.74, 6) is -0.514. The van der Waals surface area contributed by atoms with Crippen LogP contribution in [-0.2, 0) is 20.9 Å². The van der Waals surface area contributed by atoms with Crippen molar-refractivity contribution in [1.82, 2.24) is 0 Å². The lowest BCUT2D eigenvalue weighted by Gasteiger charge is -2.17. The molecule has 1 aromatic rings. The lowest BCUT2D eigenvalue weighted by molar-refractivity contribution is -0.253. The molecule has 0 aromatic heterocycles. The average molecular weight is 302 g/mol. The van der Waals surface area contributed by atoms with E-state index < -0.39 is 35.0 Å². The Morgan fingerprint density at radius 2 is 1.95 bits per heavy atom. The van der Waals surface area contributed by atoms with Gasteiger partial charge >= 0.3 is 12.5 Å². The molecule has 0 aliphatic carbocycles. The van der Waals surface area contributed by atoms with Crippen molar-refractivity contribution in [1.29, 1.82) is 0 Å². The van der Waals surface area contributed by atoms with Gasteiger partial charge in [-0.05, 0) is 17.7 Å². The largest absolute Gasteiger partial charge is 0.461 e. The summed E-state index contributed by atoms with van der Waals surface area (Å²) in [4.78, 5) is 0. The van der Waals surface area contributed by atoms with Crippen molar-refractivity contribution in [3.8, 4) is 5.75 Å². The van der Waals surface area contributed by atoms with Gasteiger partial charge in [0.05, 0.1) is 12.9 Å². The Labute approximate surface area is 107 Å². The highest BCUT2D eigenvalue weighted by molar-refractivity contribution is 7.85. The second-order valence-electron chi connectivity index (χ2n) is 3.58. The maximum absolute atomic E-state index is 12.6. The van der Waals surface area contributed by atoms with Crippen LogP contribution >= 0.6 is 0 Å². The van der Waals surface area contributed by atoms with Crippen molar-refractivity contribution in [2.24, 2.45) is 0 Å². The van der Waals surface area contributed by atoms with Crippen LogP contribution in [0.4, 0.5) is 17.6 Å². The van der Waals surface area contributed by atoms with Crippen LogP contribution in [0.2, 0.25) is 0 Å². The van der Waals surface area contributed by atoms with E-state index in [0.717, 1.165) is 18.4 Å². The summed E-state index contributed by atoms with van der Waals surface area (Å²) >= 11 is 0. The molecule has 0 spiro atoms. The monoisotopic (exact) mass is 302 g/mol. The van der Waals surface area contributed by atoms with E-state index in [4.69, 9.17) is 0 Å². The minimum Gasteiger partial charge on any atom is -0.428 e. The van der Waals surface area contributed by atoms with Gasteiger partial charge in [0.2, 0.25) is 0 Å². The van der Waals surface area contributed by atoms with Crippen LogP contribution in [0.15, 0.2) is 24.3 Å². The van der Waals surface area contributed by atoms with E-state index >= 15 is 0 Å². The number of hydrogen-bond donors (Lipinski definition) is 0. The van der Waals surface area contributed by atoms with Crippen molar-refractivity contribution in [3.63, 3.8) is 0 Å². The highest BCUT2D eigenvalue weighted by atomic mass is 32.2. The zero-order valence-corrected chi connectivity index (χ0v) is 10.5. The average Bonchev–Trinajstić information content (AvgIpc) is 2.25. The van der Waals surface area contributed by atoms with Crippen molar-refractivity contribution in [2.75, 3.05) is 6.26 Å². The first kappa shape index (κ1) is 15.7. The predicted molar refractivity (Wildman–Crippen MR) is 57.7 cm³/mol. The second-order valence-corrected chi connectivity index (χ2v) is 5.22. The third-order valence-electron chi connectivity index (χ3n) is 1.85. The zero-order chi connectivity index (χ0) is 14.7. The summed E-state index contributed by atoms with van der Waals surface area (Å²) in [7, 11) is -3.69. The quantitative estimate of drug-likeness (QED) is 0.598. The summed E-state index contributed by atoms with van der Waals surface area (Å²) in [5, 5.41) is 0. The highest BCUT2D eigenvalue weighted by Crippen LogP contribution is 2.27. The first-order chi connectivity index (χ1) is 8.60. The summed E-state index contributed by atoms with van der Waals surface area (Å²) < 4.78 is 78.9. The van der Waals surface area contributed by atoms with E-state index in [1.54, 1.807) is 0 Å². The molecule has 4 nitrogen and oxygen atoms in total. The SMILES string of the molecule is CS(=O)(=O)OCc1cccc(OC(F)(F)C(F)F)c1.